The largest absolute Gasteiger partial charge is 1.00 e. The molecule has 0 fully saturated rings. The number of para-hydroxylation sites is 1. The number of hydrogen-bond donors (Lipinski definition) is 1. The van der Waals surface area contributed by atoms with Gasteiger partial charge < -0.3 is 18.1 Å². The molecular formula is C20H17ClN2. The lowest BCUT2D eigenvalue weighted by molar-refractivity contribution is -0.632. The summed E-state index contributed by atoms with van der Waals surface area (Å²) in [5.41, 5.74) is 10.3. The Balaban J connectivity index is 0.00000156. The first-order valence-electron chi connectivity index (χ1n) is 7.41. The number of hydrogen-bond acceptors (Lipinski definition) is 1. The molecule has 0 aliphatic heterocycles. The van der Waals surface area contributed by atoms with Gasteiger partial charge in [-0.25, -0.2) is 0 Å². The molecule has 3 aromatic carbocycles. The fourth-order valence-corrected chi connectivity index (χ4v) is 3.21. The summed E-state index contributed by atoms with van der Waals surface area (Å²) >= 11 is 0. The van der Waals surface area contributed by atoms with Gasteiger partial charge in [0.05, 0.1) is 10.8 Å². The minimum Gasteiger partial charge on any atom is -1.00 e. The number of pyridine rings is 1. The van der Waals surface area contributed by atoms with E-state index in [1.165, 1.54) is 32.9 Å². The van der Waals surface area contributed by atoms with E-state index in [0.29, 0.717) is 0 Å². The summed E-state index contributed by atoms with van der Waals surface area (Å²) in [4.78, 5) is 0. The molecule has 4 aromatic rings. The Morgan fingerprint density at radius 1 is 0.696 bits per heavy atom. The number of fused-ring (bicyclic) bond motifs is 3. The fourth-order valence-electron chi connectivity index (χ4n) is 3.21. The number of aryl methyl sites for hydroxylation is 1. The number of aromatic nitrogens is 1. The molecule has 0 spiro atoms. The standard InChI is InChI=1S/C20H16N2.ClH/c1-22-19-9-5-4-7-17(19)16-6-2-3-8-18(16)20(22)14-10-12-15(21)13-11-14;/h2-13,21H,1H3;1H. The third-order valence-electron chi connectivity index (χ3n) is 4.26. The molecule has 0 unspecified atom stereocenters. The minimum atomic E-state index is 0. The molecule has 0 amide bonds. The first-order chi connectivity index (χ1) is 10.8. The zero-order valence-corrected chi connectivity index (χ0v) is 13.6. The van der Waals surface area contributed by atoms with Crippen molar-refractivity contribution >= 4 is 27.4 Å². The molecule has 0 aliphatic carbocycles. The average Bonchev–Trinajstić information content (AvgIpc) is 2.57. The molecule has 0 atom stereocenters. The third kappa shape index (κ3) is 2.41. The molecule has 0 saturated carbocycles. The van der Waals surface area contributed by atoms with Crippen LogP contribution >= 0.6 is 0 Å². The molecule has 0 saturated heterocycles. The van der Waals surface area contributed by atoms with Gasteiger partial charge >= 0.3 is 0 Å². The Kier molecular flexibility index (Phi) is 3.93. The molecule has 1 heterocycles. The lowest BCUT2D eigenvalue weighted by Crippen LogP contribution is -3.00. The monoisotopic (exact) mass is 320 g/mol. The second kappa shape index (κ2) is 5.90. The molecule has 3 heteroatoms. The number of nitrogen functional groups attached to an aromatic ring is 1. The molecule has 23 heavy (non-hydrogen) atoms. The zero-order chi connectivity index (χ0) is 15.1. The van der Waals surface area contributed by atoms with Crippen LogP contribution in [0.2, 0.25) is 0 Å². The van der Waals surface area contributed by atoms with Gasteiger partial charge in [-0.1, -0.05) is 30.3 Å². The van der Waals surface area contributed by atoms with Gasteiger partial charge in [0.25, 0.3) is 0 Å². The lowest BCUT2D eigenvalue weighted by Gasteiger charge is -2.09. The van der Waals surface area contributed by atoms with Gasteiger partial charge in [-0.2, -0.15) is 4.57 Å². The number of anilines is 1. The smallest absolute Gasteiger partial charge is 0.220 e. The van der Waals surface area contributed by atoms with Crippen molar-refractivity contribution in [3.8, 4) is 11.3 Å². The van der Waals surface area contributed by atoms with E-state index < -0.39 is 0 Å². The first kappa shape index (κ1) is 15.3. The Bertz CT molecular complexity index is 991. The van der Waals surface area contributed by atoms with Crippen LogP contribution in [-0.4, -0.2) is 0 Å². The predicted octanol–water partition coefficient (Wildman–Crippen LogP) is 1.07. The topological polar surface area (TPSA) is 29.9 Å². The highest BCUT2D eigenvalue weighted by Crippen LogP contribution is 2.30. The van der Waals surface area contributed by atoms with Crippen molar-refractivity contribution in [2.24, 2.45) is 7.05 Å². The third-order valence-corrected chi connectivity index (χ3v) is 4.26. The molecule has 1 aromatic heterocycles. The van der Waals surface area contributed by atoms with E-state index in [-0.39, 0.29) is 12.4 Å². The average molecular weight is 321 g/mol. The van der Waals surface area contributed by atoms with Crippen LogP contribution in [0.5, 0.6) is 0 Å². The van der Waals surface area contributed by atoms with Crippen LogP contribution in [0.1, 0.15) is 0 Å². The van der Waals surface area contributed by atoms with Gasteiger partial charge in [-0.3, -0.25) is 0 Å². The molecule has 0 radical (unpaired) electrons. The van der Waals surface area contributed by atoms with Gasteiger partial charge in [0, 0.05) is 22.7 Å². The van der Waals surface area contributed by atoms with Crippen molar-refractivity contribution < 1.29 is 17.0 Å². The molecule has 0 aliphatic rings. The van der Waals surface area contributed by atoms with Gasteiger partial charge in [-0.15, -0.1) is 0 Å². The van der Waals surface area contributed by atoms with Gasteiger partial charge in [-0.05, 0) is 36.4 Å². The SMILES string of the molecule is C[n+]1c(-c2ccc(N)cc2)c2ccccc2c2ccccc21.[Cl-]. The van der Waals surface area contributed by atoms with Crippen LogP contribution in [0.15, 0.2) is 72.8 Å². The molecule has 0 bridgehead atoms. The van der Waals surface area contributed by atoms with Crippen molar-refractivity contribution in [1.29, 1.82) is 0 Å². The maximum Gasteiger partial charge on any atom is 0.220 e. The summed E-state index contributed by atoms with van der Waals surface area (Å²) in [5, 5.41) is 3.82. The summed E-state index contributed by atoms with van der Waals surface area (Å²) in [5.74, 6) is 0. The van der Waals surface area contributed by atoms with E-state index in [4.69, 9.17) is 5.73 Å². The molecular weight excluding hydrogens is 304 g/mol. The Morgan fingerprint density at radius 2 is 1.26 bits per heavy atom. The van der Waals surface area contributed by atoms with Crippen LogP contribution in [0, 0.1) is 0 Å². The number of rotatable bonds is 1. The predicted molar refractivity (Wildman–Crippen MR) is 92.5 cm³/mol. The molecule has 114 valence electrons. The van der Waals surface area contributed by atoms with E-state index in [1.54, 1.807) is 0 Å². The minimum absolute atomic E-state index is 0. The van der Waals surface area contributed by atoms with Crippen LogP contribution in [-0.2, 0) is 7.05 Å². The Labute approximate surface area is 141 Å². The highest BCUT2D eigenvalue weighted by Gasteiger charge is 2.19. The van der Waals surface area contributed by atoms with E-state index in [1.807, 2.05) is 12.1 Å². The van der Waals surface area contributed by atoms with Crippen LogP contribution in [0.4, 0.5) is 5.69 Å². The zero-order valence-electron chi connectivity index (χ0n) is 12.8. The van der Waals surface area contributed by atoms with Crippen LogP contribution in [0.3, 0.4) is 0 Å². The maximum atomic E-state index is 5.84. The number of benzene rings is 3. The van der Waals surface area contributed by atoms with Gasteiger partial charge in [0.2, 0.25) is 11.2 Å². The maximum absolute atomic E-state index is 5.84. The molecule has 4 rings (SSSR count). The summed E-state index contributed by atoms with van der Waals surface area (Å²) in [6, 6.07) is 25.2. The summed E-state index contributed by atoms with van der Waals surface area (Å²) in [6.45, 7) is 0. The second-order valence-corrected chi connectivity index (χ2v) is 5.59. The van der Waals surface area contributed by atoms with Crippen molar-refractivity contribution in [2.45, 2.75) is 0 Å². The molecule has 2 nitrogen and oxygen atoms in total. The van der Waals surface area contributed by atoms with Gasteiger partial charge in [0.15, 0.2) is 0 Å². The number of halogens is 1. The van der Waals surface area contributed by atoms with E-state index >= 15 is 0 Å². The fraction of sp³-hybridized carbons (Fsp3) is 0.0500. The lowest BCUT2D eigenvalue weighted by atomic mass is 9.99. The van der Waals surface area contributed by atoms with Crippen molar-refractivity contribution in [3.05, 3.63) is 72.8 Å². The van der Waals surface area contributed by atoms with E-state index in [9.17, 15) is 0 Å². The second-order valence-electron chi connectivity index (χ2n) is 5.59. The van der Waals surface area contributed by atoms with Crippen molar-refractivity contribution in [2.75, 3.05) is 5.73 Å². The molecule has 2 N–H and O–H groups in total. The van der Waals surface area contributed by atoms with Crippen molar-refractivity contribution in [3.63, 3.8) is 0 Å². The normalized spacial score (nSPS) is 10.7. The van der Waals surface area contributed by atoms with Crippen molar-refractivity contribution in [1.82, 2.24) is 0 Å². The van der Waals surface area contributed by atoms with E-state index in [0.717, 1.165) is 5.69 Å². The highest BCUT2D eigenvalue weighted by molar-refractivity contribution is 6.08. The number of nitrogens with zero attached hydrogens (tertiary/aromatic N) is 1. The van der Waals surface area contributed by atoms with Gasteiger partial charge in [0.1, 0.15) is 7.05 Å². The summed E-state index contributed by atoms with van der Waals surface area (Å²) < 4.78 is 2.27. The first-order valence-corrected chi connectivity index (χ1v) is 7.41. The summed E-state index contributed by atoms with van der Waals surface area (Å²) in [6.07, 6.45) is 0. The summed E-state index contributed by atoms with van der Waals surface area (Å²) in [7, 11) is 2.13. The highest BCUT2D eigenvalue weighted by atomic mass is 35.5. The Hall–Kier alpha value is -2.58. The Morgan fingerprint density at radius 3 is 1.96 bits per heavy atom. The quantitative estimate of drug-likeness (QED) is 0.317. The van der Waals surface area contributed by atoms with Crippen LogP contribution < -0.4 is 22.7 Å². The van der Waals surface area contributed by atoms with E-state index in [2.05, 4.69) is 72.3 Å². The number of nitrogens with two attached hydrogens (primary N) is 1. The van der Waals surface area contributed by atoms with Crippen LogP contribution in [0.25, 0.3) is 32.9 Å².